The van der Waals surface area contributed by atoms with Crippen molar-refractivity contribution in [2.75, 3.05) is 11.5 Å². The van der Waals surface area contributed by atoms with Gasteiger partial charge in [0.25, 0.3) is 0 Å². The summed E-state index contributed by atoms with van der Waals surface area (Å²) >= 11 is 0. The van der Waals surface area contributed by atoms with E-state index in [-0.39, 0.29) is 66.6 Å². The molecule has 1 aliphatic heterocycles. The van der Waals surface area contributed by atoms with Gasteiger partial charge in [0.2, 0.25) is 11.8 Å². The number of hydrogen-bond donors (Lipinski definition) is 1. The van der Waals surface area contributed by atoms with Crippen LogP contribution in [0.25, 0.3) is 22.8 Å². The van der Waals surface area contributed by atoms with Crippen molar-refractivity contribution in [3.8, 4) is 45.9 Å². The van der Waals surface area contributed by atoms with E-state index in [1.165, 1.54) is 6.07 Å². The van der Waals surface area contributed by atoms with Crippen LogP contribution in [0, 0.1) is 0 Å². The summed E-state index contributed by atoms with van der Waals surface area (Å²) in [4.78, 5) is 50.9. The molecule has 15 heteroatoms. The lowest BCUT2D eigenvalue weighted by atomic mass is 10.0. The number of para-hydroxylation sites is 1. The minimum atomic E-state index is -0.109. The summed E-state index contributed by atoms with van der Waals surface area (Å²) in [5.74, 6) is 0.853. The van der Waals surface area contributed by atoms with Gasteiger partial charge in [-0.25, -0.2) is 4.98 Å². The zero-order valence-corrected chi connectivity index (χ0v) is 36.2. The number of phenolic OH excluding ortho intramolecular Hbond substituents is 1. The molecule has 6 heterocycles. The van der Waals surface area contributed by atoms with Gasteiger partial charge in [-0.1, -0.05) is 36.4 Å². The Morgan fingerprint density at radius 3 is 1.88 bits per heavy atom. The summed E-state index contributed by atoms with van der Waals surface area (Å²) in [5.41, 5.74) is 6.25. The van der Waals surface area contributed by atoms with Crippen LogP contribution in [0.3, 0.4) is 0 Å². The molecule has 64 heavy (non-hydrogen) atoms. The van der Waals surface area contributed by atoms with Gasteiger partial charge in [0.15, 0.2) is 12.6 Å². The maximum absolute atomic E-state index is 12.4. The number of amides is 1. The van der Waals surface area contributed by atoms with Crippen LogP contribution < -0.4 is 19.1 Å². The molecule has 1 aliphatic rings. The first-order chi connectivity index (χ1) is 31.2. The van der Waals surface area contributed by atoms with Gasteiger partial charge in [-0.05, 0) is 95.1 Å². The number of aromatic hydroxyl groups is 1. The molecule has 1 saturated heterocycles. The molecule has 8 rings (SSSR count). The van der Waals surface area contributed by atoms with Crippen molar-refractivity contribution in [3.05, 3.63) is 144 Å². The van der Waals surface area contributed by atoms with Gasteiger partial charge in [0.1, 0.15) is 42.6 Å². The van der Waals surface area contributed by atoms with Crippen LogP contribution in [0.5, 0.6) is 23.1 Å². The number of benzene rings is 2. The molecule has 0 radical (unpaired) electrons. The molecular formula is C49H50N8O7. The third kappa shape index (κ3) is 10.2. The fourth-order valence-corrected chi connectivity index (χ4v) is 7.49. The summed E-state index contributed by atoms with van der Waals surface area (Å²) in [6.07, 6.45) is 12.0. The first-order valence-electron chi connectivity index (χ1n) is 21.1. The third-order valence-corrected chi connectivity index (χ3v) is 10.6. The summed E-state index contributed by atoms with van der Waals surface area (Å²) < 4.78 is 21.8. The maximum atomic E-state index is 12.4. The first kappa shape index (κ1) is 44.4. The number of ether oxygens (including phenoxy) is 3. The first-order valence-corrected chi connectivity index (χ1v) is 21.1. The van der Waals surface area contributed by atoms with Gasteiger partial charge < -0.3 is 24.2 Å². The minimum Gasteiger partial charge on any atom is -0.507 e. The molecule has 5 aromatic heterocycles. The molecule has 0 aliphatic carbocycles. The van der Waals surface area contributed by atoms with E-state index >= 15 is 0 Å². The second-order valence-corrected chi connectivity index (χ2v) is 15.5. The van der Waals surface area contributed by atoms with Crippen molar-refractivity contribution < 1.29 is 33.7 Å². The number of aromatic nitrogens is 7. The number of carbonyl (C=O) groups is 3. The van der Waals surface area contributed by atoms with Gasteiger partial charge in [-0.15, -0.1) is 0 Å². The van der Waals surface area contributed by atoms with E-state index in [4.69, 9.17) is 14.2 Å². The Kier molecular flexibility index (Phi) is 14.5. The van der Waals surface area contributed by atoms with E-state index in [0.29, 0.717) is 30.5 Å². The second-order valence-electron chi connectivity index (χ2n) is 15.5. The Balaban J connectivity index is 0.000000217. The fourth-order valence-electron chi connectivity index (χ4n) is 7.49. The van der Waals surface area contributed by atoms with Crippen molar-refractivity contribution in [3.63, 3.8) is 0 Å². The topological polar surface area (TPSA) is 177 Å². The number of phenols is 1. The highest BCUT2D eigenvalue weighted by Crippen LogP contribution is 2.32. The molecular weight excluding hydrogens is 813 g/mol. The van der Waals surface area contributed by atoms with E-state index in [9.17, 15) is 19.5 Å². The highest BCUT2D eigenvalue weighted by Gasteiger charge is 2.30. The average Bonchev–Trinajstić information content (AvgIpc) is 4.02. The Morgan fingerprint density at radius 1 is 0.656 bits per heavy atom. The fraction of sp³-hybridized carbons (Fsp3) is 0.265. The van der Waals surface area contributed by atoms with E-state index < -0.39 is 0 Å². The van der Waals surface area contributed by atoms with E-state index in [2.05, 4.69) is 52.8 Å². The summed E-state index contributed by atoms with van der Waals surface area (Å²) in [6, 6.07) is 27.6. The summed E-state index contributed by atoms with van der Waals surface area (Å²) in [6.45, 7) is 8.89. The molecule has 0 spiro atoms. The van der Waals surface area contributed by atoms with Crippen molar-refractivity contribution in [2.24, 2.45) is 0 Å². The monoisotopic (exact) mass is 862 g/mol. The Hall–Kier alpha value is -7.68. The molecule has 7 aromatic rings. The second kappa shape index (κ2) is 20.9. The molecule has 1 amide bonds. The molecule has 328 valence electrons. The van der Waals surface area contributed by atoms with Crippen LogP contribution in [0.4, 0.5) is 5.69 Å². The Labute approximate surface area is 371 Å². The number of hydrogen-bond acceptors (Lipinski definition) is 12. The van der Waals surface area contributed by atoms with Crippen LogP contribution >= 0.6 is 0 Å². The van der Waals surface area contributed by atoms with Crippen LogP contribution in [0.15, 0.2) is 122 Å². The molecule has 1 N–H and O–H groups in total. The van der Waals surface area contributed by atoms with Crippen molar-refractivity contribution >= 4 is 24.2 Å². The molecule has 2 aromatic carbocycles. The lowest BCUT2D eigenvalue weighted by Gasteiger charge is -2.35. The number of nitrogens with zero attached hydrogens (tertiary/aromatic N) is 8. The van der Waals surface area contributed by atoms with Crippen LogP contribution in [-0.2, 0) is 18.0 Å². The van der Waals surface area contributed by atoms with Crippen LogP contribution in [-0.4, -0.2) is 70.7 Å². The Bertz CT molecular complexity index is 2570. The zero-order valence-electron chi connectivity index (χ0n) is 36.2. The lowest BCUT2D eigenvalue weighted by Crippen LogP contribution is -2.47. The van der Waals surface area contributed by atoms with Crippen molar-refractivity contribution in [1.82, 2.24) is 34.5 Å². The van der Waals surface area contributed by atoms with Crippen molar-refractivity contribution in [2.45, 2.75) is 78.3 Å². The van der Waals surface area contributed by atoms with Gasteiger partial charge in [-0.3, -0.25) is 33.7 Å². The van der Waals surface area contributed by atoms with Gasteiger partial charge in [0, 0.05) is 66.3 Å². The third-order valence-electron chi connectivity index (χ3n) is 10.6. The van der Waals surface area contributed by atoms with E-state index in [1.807, 2.05) is 76.1 Å². The highest BCUT2D eigenvalue weighted by atomic mass is 16.5. The standard InChI is InChI=1S/C30H31N7O3.C19H19NO4/c1-20(2)36-25(9-15-34-36)28-22(7-5-12-31-28)18-39-27-11-14-33-30(24(27)17-38)40-19-23-8-6-13-32-29(23)26-10-16-35-37(26)21(3)4;21-12-16-17(22)9-5-10-18(16)24-13-15-8-4-11-19(23)20(15)14-6-2-1-3-7-14/h5-17,20-21H,18-19H2,1-4H3;1-3,5-7,9-10,12,15,22H,4,8,11,13H2/t;15-/m.0/s1. The number of anilines is 1. The number of aldehydes is 2. The minimum absolute atomic E-state index is 0.0765. The number of pyridine rings is 3. The normalized spacial score (nSPS) is 13.6. The number of rotatable bonds is 16. The Morgan fingerprint density at radius 2 is 1.27 bits per heavy atom. The lowest BCUT2D eigenvalue weighted by molar-refractivity contribution is -0.120. The number of carbonyl (C=O) groups excluding carboxylic acids is 3. The maximum Gasteiger partial charge on any atom is 0.228 e. The molecule has 1 fully saturated rings. The van der Waals surface area contributed by atoms with E-state index in [1.54, 1.807) is 54.1 Å². The predicted octanol–water partition coefficient (Wildman–Crippen LogP) is 8.90. The van der Waals surface area contributed by atoms with Crippen LogP contribution in [0.2, 0.25) is 0 Å². The van der Waals surface area contributed by atoms with Crippen molar-refractivity contribution in [1.29, 1.82) is 0 Å². The SMILES string of the molecule is CC(C)n1nccc1-c1ncccc1COc1ccnc(OCc2cccnc2-c2ccnn2C(C)C)c1C=O.O=Cc1c(O)cccc1OC[C@@H]1CCCC(=O)N1c1ccccc1. The average molecular weight is 863 g/mol. The van der Waals surface area contributed by atoms with E-state index in [0.717, 1.165) is 52.4 Å². The molecule has 0 unspecified atom stereocenters. The highest BCUT2D eigenvalue weighted by molar-refractivity contribution is 5.94. The summed E-state index contributed by atoms with van der Waals surface area (Å²) in [5, 5.41) is 18.6. The van der Waals surface area contributed by atoms with Gasteiger partial charge in [0.05, 0.1) is 34.4 Å². The number of piperidine rings is 1. The molecule has 0 bridgehead atoms. The zero-order chi connectivity index (χ0) is 45.0. The van der Waals surface area contributed by atoms with Crippen LogP contribution in [0.1, 0.15) is 90.9 Å². The van der Waals surface area contributed by atoms with Gasteiger partial charge in [-0.2, -0.15) is 10.2 Å². The smallest absolute Gasteiger partial charge is 0.228 e. The summed E-state index contributed by atoms with van der Waals surface area (Å²) in [7, 11) is 0. The predicted molar refractivity (Wildman–Crippen MR) is 241 cm³/mol. The molecule has 1 atom stereocenters. The molecule has 0 saturated carbocycles. The molecule has 15 nitrogen and oxygen atoms in total. The largest absolute Gasteiger partial charge is 0.507 e. The quantitative estimate of drug-likeness (QED) is 0.0915. The van der Waals surface area contributed by atoms with Gasteiger partial charge >= 0.3 is 0 Å².